The van der Waals surface area contributed by atoms with Crippen LogP contribution in [0.5, 0.6) is 5.75 Å². The number of aromatic carboxylic acids is 1. The molecule has 0 unspecified atom stereocenters. The van der Waals surface area contributed by atoms with Crippen molar-refractivity contribution < 1.29 is 19.4 Å². The largest absolute Gasteiger partial charge is 0.544 e. The van der Waals surface area contributed by atoms with Gasteiger partial charge in [-0.1, -0.05) is 0 Å². The minimum absolute atomic E-state index is 0.0562. The van der Waals surface area contributed by atoms with Gasteiger partial charge in [-0.25, -0.2) is 4.98 Å². The smallest absolute Gasteiger partial charge is 0.234 e. The van der Waals surface area contributed by atoms with Crippen molar-refractivity contribution in [3.05, 3.63) is 39.8 Å². The molecule has 1 aromatic carbocycles. The van der Waals surface area contributed by atoms with Crippen LogP contribution >= 0.6 is 11.3 Å². The summed E-state index contributed by atoms with van der Waals surface area (Å²) in [7, 11) is 0. The molecule has 2 rings (SSSR count). The van der Waals surface area contributed by atoms with E-state index in [1.54, 1.807) is 38.1 Å². The minimum atomic E-state index is -1.27. The Hall–Kier alpha value is -2.41. The molecule has 6 nitrogen and oxygen atoms in total. The van der Waals surface area contributed by atoms with Gasteiger partial charge >= 0.3 is 0 Å². The molecule has 0 radical (unpaired) electrons. The molecule has 0 saturated heterocycles. The molecule has 7 heteroatoms. The van der Waals surface area contributed by atoms with E-state index < -0.39 is 11.9 Å². The Morgan fingerprint density at radius 3 is 2.52 bits per heavy atom. The topological polar surface area (TPSA) is 91.3 Å². The second-order valence-corrected chi connectivity index (χ2v) is 5.95. The lowest BCUT2D eigenvalue weighted by Gasteiger charge is -2.10. The zero-order chi connectivity index (χ0) is 17.0. The molecular weight excluding hydrogens is 316 g/mol. The summed E-state index contributed by atoms with van der Waals surface area (Å²) in [6.45, 7) is 5.74. The first-order valence-electron chi connectivity index (χ1n) is 7.14. The van der Waals surface area contributed by atoms with Crippen molar-refractivity contribution in [2.75, 3.05) is 11.9 Å². The number of aromatic nitrogens is 1. The maximum absolute atomic E-state index is 12.3. The Morgan fingerprint density at radius 2 is 2.00 bits per heavy atom. The average Bonchev–Trinajstić information content (AvgIpc) is 2.91. The molecule has 0 saturated carbocycles. The Labute approximate surface area is 138 Å². The van der Waals surface area contributed by atoms with Crippen molar-refractivity contribution in [2.24, 2.45) is 0 Å². The molecule has 122 valence electrons. The van der Waals surface area contributed by atoms with Gasteiger partial charge < -0.3 is 20.0 Å². The van der Waals surface area contributed by atoms with Crippen LogP contribution in [0, 0.1) is 6.92 Å². The molecule has 1 N–H and O–H groups in total. The predicted octanol–water partition coefficient (Wildman–Crippen LogP) is 1.96. The van der Waals surface area contributed by atoms with Crippen LogP contribution in [0.1, 0.15) is 40.1 Å². The average molecular weight is 333 g/mol. The van der Waals surface area contributed by atoms with Crippen molar-refractivity contribution in [3.63, 3.8) is 0 Å². The van der Waals surface area contributed by atoms with Crippen molar-refractivity contribution in [1.82, 2.24) is 4.98 Å². The fraction of sp³-hybridized carbons (Fsp3) is 0.312. The van der Waals surface area contributed by atoms with Gasteiger partial charge in [-0.05, 0) is 45.0 Å². The van der Waals surface area contributed by atoms with E-state index in [1.165, 1.54) is 0 Å². The van der Waals surface area contributed by atoms with Crippen LogP contribution in [0.4, 0.5) is 5.69 Å². The van der Waals surface area contributed by atoms with E-state index in [0.717, 1.165) is 17.1 Å². The van der Waals surface area contributed by atoms with Gasteiger partial charge in [-0.15, -0.1) is 11.3 Å². The van der Waals surface area contributed by atoms with E-state index in [2.05, 4.69) is 10.3 Å². The fourth-order valence-electron chi connectivity index (χ4n) is 1.96. The maximum Gasteiger partial charge on any atom is 0.234 e. The van der Waals surface area contributed by atoms with Crippen molar-refractivity contribution >= 4 is 28.9 Å². The number of amides is 1. The number of hydrogen-bond donors (Lipinski definition) is 1. The summed E-state index contributed by atoms with van der Waals surface area (Å²) >= 11 is 0.970. The highest BCUT2D eigenvalue weighted by atomic mass is 32.1. The second-order valence-electron chi connectivity index (χ2n) is 4.92. The summed E-state index contributed by atoms with van der Waals surface area (Å²) in [5, 5.41) is 14.2. The van der Waals surface area contributed by atoms with Crippen molar-refractivity contribution in [2.45, 2.75) is 26.7 Å². The Kier molecular flexibility index (Phi) is 5.33. The monoisotopic (exact) mass is 333 g/mol. The first kappa shape index (κ1) is 17.0. The summed E-state index contributed by atoms with van der Waals surface area (Å²) in [5.74, 6) is -1.36. The highest BCUT2D eigenvalue weighted by Gasteiger charge is 2.21. The summed E-state index contributed by atoms with van der Waals surface area (Å²) in [4.78, 5) is 27.4. The number of carbonyl (C=O) groups excluding carboxylic acids is 2. The SMILES string of the molecule is CCOc1ccc(NC(=O)[C@H](C)c2nc(C)c(C(=O)[O-])s2)cc1. The number of nitrogens with zero attached hydrogens (tertiary/aromatic N) is 1. The molecule has 1 amide bonds. The zero-order valence-corrected chi connectivity index (χ0v) is 13.9. The Bertz CT molecular complexity index is 709. The van der Waals surface area contributed by atoms with E-state index in [9.17, 15) is 14.7 Å². The molecule has 0 spiro atoms. The Balaban J connectivity index is 2.07. The van der Waals surface area contributed by atoms with E-state index >= 15 is 0 Å². The molecule has 1 atom stereocenters. The minimum Gasteiger partial charge on any atom is -0.544 e. The van der Waals surface area contributed by atoms with Gasteiger partial charge in [-0.2, -0.15) is 0 Å². The summed E-state index contributed by atoms with van der Waals surface area (Å²) in [5.41, 5.74) is 1.00. The van der Waals surface area contributed by atoms with Gasteiger partial charge in [0.05, 0.1) is 29.1 Å². The molecule has 0 fully saturated rings. The molecular formula is C16H17N2O4S-. The van der Waals surface area contributed by atoms with E-state index in [1.807, 2.05) is 6.92 Å². The van der Waals surface area contributed by atoms with Crippen LogP contribution in [0.25, 0.3) is 0 Å². The van der Waals surface area contributed by atoms with Crippen LogP contribution < -0.4 is 15.2 Å². The number of carboxylic acid groups (broad SMARTS) is 1. The third-order valence-electron chi connectivity index (χ3n) is 3.20. The van der Waals surface area contributed by atoms with Gasteiger partial charge in [0.25, 0.3) is 0 Å². The predicted molar refractivity (Wildman–Crippen MR) is 85.8 cm³/mol. The van der Waals surface area contributed by atoms with E-state index in [0.29, 0.717) is 23.0 Å². The van der Waals surface area contributed by atoms with Crippen LogP contribution in [-0.4, -0.2) is 23.5 Å². The van der Waals surface area contributed by atoms with Crippen LogP contribution in [0.2, 0.25) is 0 Å². The lowest BCUT2D eigenvalue weighted by molar-refractivity contribution is -0.254. The number of carbonyl (C=O) groups is 2. The maximum atomic E-state index is 12.3. The van der Waals surface area contributed by atoms with Crippen LogP contribution in [-0.2, 0) is 4.79 Å². The molecule has 0 bridgehead atoms. The van der Waals surface area contributed by atoms with E-state index in [-0.39, 0.29) is 10.8 Å². The van der Waals surface area contributed by atoms with E-state index in [4.69, 9.17) is 4.74 Å². The number of nitrogens with one attached hydrogen (secondary N) is 1. The first-order valence-corrected chi connectivity index (χ1v) is 7.96. The number of rotatable bonds is 6. The highest BCUT2D eigenvalue weighted by molar-refractivity contribution is 7.13. The van der Waals surface area contributed by atoms with Crippen molar-refractivity contribution in [1.29, 1.82) is 0 Å². The lowest BCUT2D eigenvalue weighted by Crippen LogP contribution is -2.21. The third kappa shape index (κ3) is 4.07. The van der Waals surface area contributed by atoms with Gasteiger partial charge in [0.2, 0.25) is 5.91 Å². The second kappa shape index (κ2) is 7.23. The number of ether oxygens (including phenoxy) is 1. The highest BCUT2D eigenvalue weighted by Crippen LogP contribution is 2.26. The summed E-state index contributed by atoms with van der Waals surface area (Å²) in [6.07, 6.45) is 0. The number of anilines is 1. The molecule has 2 aromatic rings. The number of thiazole rings is 1. The van der Waals surface area contributed by atoms with Gasteiger partial charge in [0.1, 0.15) is 10.8 Å². The summed E-state index contributed by atoms with van der Waals surface area (Å²) < 4.78 is 5.34. The standard InChI is InChI=1S/C16H18N2O4S/c1-4-22-12-7-5-11(6-8-12)18-14(19)9(2)15-17-10(3)13(23-15)16(20)21/h5-9H,4H2,1-3H3,(H,18,19)(H,20,21)/p-1/t9-/m0/s1. The molecule has 0 aliphatic rings. The lowest BCUT2D eigenvalue weighted by atomic mass is 10.1. The molecule has 0 aliphatic carbocycles. The quantitative estimate of drug-likeness (QED) is 0.872. The number of hydrogen-bond acceptors (Lipinski definition) is 6. The number of carboxylic acids is 1. The van der Waals surface area contributed by atoms with Gasteiger partial charge in [-0.3, -0.25) is 4.79 Å². The third-order valence-corrected chi connectivity index (χ3v) is 4.52. The first-order chi connectivity index (χ1) is 10.9. The van der Waals surface area contributed by atoms with Gasteiger partial charge in [0.15, 0.2) is 0 Å². The molecule has 1 heterocycles. The Morgan fingerprint density at radius 1 is 1.35 bits per heavy atom. The molecule has 1 aromatic heterocycles. The normalized spacial score (nSPS) is 11.8. The zero-order valence-electron chi connectivity index (χ0n) is 13.1. The van der Waals surface area contributed by atoms with Crippen LogP contribution in [0.15, 0.2) is 24.3 Å². The van der Waals surface area contributed by atoms with Gasteiger partial charge in [0, 0.05) is 5.69 Å². The summed E-state index contributed by atoms with van der Waals surface area (Å²) in [6, 6.07) is 7.03. The van der Waals surface area contributed by atoms with Crippen LogP contribution in [0.3, 0.4) is 0 Å². The molecule has 23 heavy (non-hydrogen) atoms. The fourth-order valence-corrected chi connectivity index (χ4v) is 2.91. The number of aryl methyl sites for hydroxylation is 1. The number of benzene rings is 1. The van der Waals surface area contributed by atoms with Crippen molar-refractivity contribution in [3.8, 4) is 5.75 Å². The molecule has 0 aliphatic heterocycles.